The van der Waals surface area contributed by atoms with Gasteiger partial charge < -0.3 is 4.90 Å². The molecule has 1 aromatic heterocycles. The van der Waals surface area contributed by atoms with Crippen molar-refractivity contribution in [3.8, 4) is 0 Å². The number of amides is 1. The average Bonchev–Trinajstić information content (AvgIpc) is 2.59. The lowest BCUT2D eigenvalue weighted by atomic mass is 10.0. The molecule has 11 heteroatoms. The quantitative estimate of drug-likeness (QED) is 0.424. The smallest absolute Gasteiger partial charge is 0.336 e. The Morgan fingerprint density at radius 2 is 1.63 bits per heavy atom. The highest BCUT2D eigenvalue weighted by Crippen LogP contribution is 2.36. The second kappa shape index (κ2) is 7.75. The van der Waals surface area contributed by atoms with Crippen molar-refractivity contribution >= 4 is 17.7 Å². The van der Waals surface area contributed by atoms with Gasteiger partial charge in [0.05, 0.1) is 11.1 Å². The number of nitrogens with zero attached hydrogens (tertiary/aromatic N) is 3. The van der Waals surface area contributed by atoms with E-state index < -0.39 is 35.9 Å². The summed E-state index contributed by atoms with van der Waals surface area (Å²) in [7, 11) is 1.26. The Labute approximate surface area is 154 Å². The SMILES string of the molecule is CSc1nccc(C(=O)N(C)Cc2cc(C(F)(F)F)cc(C(F)(F)F)c2)n1. The summed E-state index contributed by atoms with van der Waals surface area (Å²) >= 11 is 1.18. The van der Waals surface area contributed by atoms with Crippen LogP contribution in [0, 0.1) is 0 Å². The molecule has 0 bridgehead atoms. The van der Waals surface area contributed by atoms with Gasteiger partial charge in [-0.15, -0.1) is 0 Å². The van der Waals surface area contributed by atoms with Crippen molar-refractivity contribution in [3.05, 3.63) is 52.8 Å². The molecule has 0 N–H and O–H groups in total. The molecule has 2 rings (SSSR count). The molecule has 1 heterocycles. The first kappa shape index (κ1) is 21.0. The molecule has 0 aliphatic heterocycles. The Morgan fingerprint density at radius 3 is 2.11 bits per heavy atom. The zero-order chi connectivity index (χ0) is 20.4. The van der Waals surface area contributed by atoms with Crippen molar-refractivity contribution in [2.45, 2.75) is 24.1 Å². The Bertz CT molecular complexity index is 805. The molecule has 1 amide bonds. The predicted octanol–water partition coefficient (Wildman–Crippen LogP) is 4.51. The maximum atomic E-state index is 12.9. The van der Waals surface area contributed by atoms with Gasteiger partial charge in [0.1, 0.15) is 5.69 Å². The van der Waals surface area contributed by atoms with E-state index in [0.29, 0.717) is 17.3 Å². The molecule has 0 spiro atoms. The summed E-state index contributed by atoms with van der Waals surface area (Å²) in [5.74, 6) is -0.654. The van der Waals surface area contributed by atoms with Gasteiger partial charge in [-0.25, -0.2) is 9.97 Å². The van der Waals surface area contributed by atoms with Gasteiger partial charge in [-0.3, -0.25) is 4.79 Å². The van der Waals surface area contributed by atoms with Crippen LogP contribution >= 0.6 is 11.8 Å². The number of hydrogen-bond donors (Lipinski definition) is 0. The number of thioether (sulfide) groups is 1. The molecule has 1 aromatic carbocycles. The van der Waals surface area contributed by atoms with Crippen LogP contribution in [-0.4, -0.2) is 34.1 Å². The number of carbonyl (C=O) groups is 1. The van der Waals surface area contributed by atoms with Crippen LogP contribution in [0.15, 0.2) is 35.6 Å². The van der Waals surface area contributed by atoms with Crippen molar-refractivity contribution in [1.82, 2.24) is 14.9 Å². The van der Waals surface area contributed by atoms with Crippen molar-refractivity contribution < 1.29 is 31.1 Å². The van der Waals surface area contributed by atoms with Crippen molar-refractivity contribution in [1.29, 1.82) is 0 Å². The molecule has 0 atom stereocenters. The normalized spacial score (nSPS) is 12.1. The Morgan fingerprint density at radius 1 is 1.07 bits per heavy atom. The lowest BCUT2D eigenvalue weighted by molar-refractivity contribution is -0.143. The summed E-state index contributed by atoms with van der Waals surface area (Å²) in [6, 6.07) is 2.53. The third-order valence-electron chi connectivity index (χ3n) is 3.45. The highest BCUT2D eigenvalue weighted by molar-refractivity contribution is 7.98. The van der Waals surface area contributed by atoms with Crippen LogP contribution in [0.3, 0.4) is 0 Å². The zero-order valence-electron chi connectivity index (χ0n) is 14.0. The number of halogens is 6. The molecule has 146 valence electrons. The van der Waals surface area contributed by atoms with Gasteiger partial charge in [0.15, 0.2) is 5.16 Å². The van der Waals surface area contributed by atoms with E-state index in [4.69, 9.17) is 0 Å². The number of carbonyl (C=O) groups excluding carboxylic acids is 1. The maximum absolute atomic E-state index is 12.9. The molecular formula is C16H13F6N3OS. The molecule has 0 aliphatic carbocycles. The molecule has 0 unspecified atom stereocenters. The van der Waals surface area contributed by atoms with Crippen LogP contribution < -0.4 is 0 Å². The first-order valence-corrected chi connectivity index (χ1v) is 8.55. The van der Waals surface area contributed by atoms with Crippen molar-refractivity contribution in [2.75, 3.05) is 13.3 Å². The van der Waals surface area contributed by atoms with Crippen LogP contribution in [0.2, 0.25) is 0 Å². The van der Waals surface area contributed by atoms with Crippen LogP contribution in [0.1, 0.15) is 27.2 Å². The van der Waals surface area contributed by atoms with E-state index in [1.807, 2.05) is 0 Å². The van der Waals surface area contributed by atoms with Gasteiger partial charge in [-0.05, 0) is 36.1 Å². The van der Waals surface area contributed by atoms with Crippen molar-refractivity contribution in [3.63, 3.8) is 0 Å². The van der Waals surface area contributed by atoms with Gasteiger partial charge in [-0.1, -0.05) is 11.8 Å². The molecule has 0 saturated heterocycles. The van der Waals surface area contributed by atoms with Gasteiger partial charge in [-0.2, -0.15) is 26.3 Å². The first-order chi connectivity index (χ1) is 12.4. The van der Waals surface area contributed by atoms with Crippen LogP contribution in [0.4, 0.5) is 26.3 Å². The van der Waals surface area contributed by atoms with E-state index in [0.717, 1.165) is 4.90 Å². The fraction of sp³-hybridized carbons (Fsp3) is 0.312. The highest BCUT2D eigenvalue weighted by atomic mass is 32.2. The fourth-order valence-electron chi connectivity index (χ4n) is 2.21. The van der Waals surface area contributed by atoms with Crippen LogP contribution in [0.5, 0.6) is 0 Å². The summed E-state index contributed by atoms with van der Waals surface area (Å²) in [5.41, 5.74) is -3.17. The minimum atomic E-state index is -4.95. The summed E-state index contributed by atoms with van der Waals surface area (Å²) in [4.78, 5) is 21.2. The third-order valence-corrected chi connectivity index (χ3v) is 4.01. The van der Waals surface area contributed by atoms with E-state index in [1.165, 1.54) is 31.1 Å². The Kier molecular flexibility index (Phi) is 6.03. The fourth-order valence-corrected chi connectivity index (χ4v) is 2.57. The van der Waals surface area contributed by atoms with Gasteiger partial charge in [0.25, 0.3) is 5.91 Å². The second-order valence-electron chi connectivity index (χ2n) is 5.50. The molecule has 2 aromatic rings. The standard InChI is InChI=1S/C16H13F6N3OS/c1-25(13(26)12-3-4-23-14(24-12)27-2)8-9-5-10(15(17,18)19)7-11(6-9)16(20,21)22/h3-7H,8H2,1-2H3. The lowest BCUT2D eigenvalue weighted by Gasteiger charge is -2.19. The monoisotopic (exact) mass is 409 g/mol. The molecule has 0 aliphatic rings. The third kappa shape index (κ3) is 5.34. The van der Waals surface area contributed by atoms with Crippen LogP contribution in [0.25, 0.3) is 0 Å². The molecule has 0 fully saturated rings. The van der Waals surface area contributed by atoms with E-state index in [-0.39, 0.29) is 17.3 Å². The average molecular weight is 409 g/mol. The topological polar surface area (TPSA) is 46.1 Å². The molecular weight excluding hydrogens is 396 g/mol. The van der Waals surface area contributed by atoms with E-state index in [2.05, 4.69) is 9.97 Å². The van der Waals surface area contributed by atoms with Gasteiger partial charge >= 0.3 is 12.4 Å². The number of rotatable bonds is 4. The summed E-state index contributed by atoms with van der Waals surface area (Å²) in [5, 5.41) is 0.313. The Hall–Kier alpha value is -2.30. The largest absolute Gasteiger partial charge is 0.416 e. The highest BCUT2D eigenvalue weighted by Gasteiger charge is 2.37. The number of hydrogen-bond acceptors (Lipinski definition) is 4. The van der Waals surface area contributed by atoms with Gasteiger partial charge in [0.2, 0.25) is 0 Å². The summed E-state index contributed by atoms with van der Waals surface area (Å²) < 4.78 is 77.5. The molecule has 0 saturated carbocycles. The Balaban J connectivity index is 2.33. The summed E-state index contributed by atoms with van der Waals surface area (Å²) in [6.45, 7) is -0.454. The number of benzene rings is 1. The number of alkyl halides is 6. The minimum absolute atomic E-state index is 0.0140. The van der Waals surface area contributed by atoms with Crippen LogP contribution in [-0.2, 0) is 18.9 Å². The minimum Gasteiger partial charge on any atom is -0.336 e. The van der Waals surface area contributed by atoms with E-state index in [1.54, 1.807) is 6.26 Å². The predicted molar refractivity (Wildman–Crippen MR) is 86.1 cm³/mol. The van der Waals surface area contributed by atoms with Crippen molar-refractivity contribution in [2.24, 2.45) is 0 Å². The lowest BCUT2D eigenvalue weighted by Crippen LogP contribution is -2.27. The molecule has 27 heavy (non-hydrogen) atoms. The second-order valence-corrected chi connectivity index (χ2v) is 6.28. The number of aromatic nitrogens is 2. The van der Waals surface area contributed by atoms with Gasteiger partial charge in [0, 0.05) is 19.8 Å². The summed E-state index contributed by atoms with van der Waals surface area (Å²) in [6.07, 6.45) is -6.86. The van der Waals surface area contributed by atoms with E-state index >= 15 is 0 Å². The zero-order valence-corrected chi connectivity index (χ0v) is 14.8. The molecule has 4 nitrogen and oxygen atoms in total. The molecule has 0 radical (unpaired) electrons. The maximum Gasteiger partial charge on any atom is 0.416 e. The first-order valence-electron chi connectivity index (χ1n) is 7.32. The van der Waals surface area contributed by atoms with E-state index in [9.17, 15) is 31.1 Å².